The zero-order valence-corrected chi connectivity index (χ0v) is 13.4. The van der Waals surface area contributed by atoms with Crippen molar-refractivity contribution in [2.75, 3.05) is 0 Å². The van der Waals surface area contributed by atoms with Crippen molar-refractivity contribution < 1.29 is 4.39 Å². The molecule has 0 spiro atoms. The fraction of sp³-hybridized carbons (Fsp3) is 0.400. The molecule has 2 nitrogen and oxygen atoms in total. The quantitative estimate of drug-likeness (QED) is 0.868. The molecule has 0 bridgehead atoms. The van der Waals surface area contributed by atoms with E-state index >= 15 is 0 Å². The Morgan fingerprint density at radius 2 is 2.15 bits per heavy atom. The van der Waals surface area contributed by atoms with Crippen LogP contribution in [-0.4, -0.2) is 11.0 Å². The molecule has 2 aromatic rings. The molecule has 20 heavy (non-hydrogen) atoms. The summed E-state index contributed by atoms with van der Waals surface area (Å²) in [7, 11) is 0. The molecule has 0 amide bonds. The first kappa shape index (κ1) is 15.4. The highest BCUT2D eigenvalue weighted by atomic mass is 35.5. The number of hydrogen-bond acceptors (Lipinski definition) is 3. The third kappa shape index (κ3) is 3.57. The molecule has 0 aliphatic heterocycles. The molecule has 0 aliphatic rings. The van der Waals surface area contributed by atoms with E-state index in [9.17, 15) is 4.39 Å². The summed E-state index contributed by atoms with van der Waals surface area (Å²) in [4.78, 5) is 5.73. The van der Waals surface area contributed by atoms with E-state index in [0.717, 1.165) is 23.7 Å². The molecule has 1 aromatic heterocycles. The van der Waals surface area contributed by atoms with Crippen LogP contribution >= 0.6 is 22.9 Å². The van der Waals surface area contributed by atoms with Gasteiger partial charge >= 0.3 is 0 Å². The Hall–Kier alpha value is -0.970. The molecule has 1 heterocycles. The minimum Gasteiger partial charge on any atom is -0.310 e. The van der Waals surface area contributed by atoms with Gasteiger partial charge in [0.2, 0.25) is 0 Å². The maximum atomic E-state index is 14.0. The number of aryl methyl sites for hydroxylation is 1. The van der Waals surface area contributed by atoms with Crippen molar-refractivity contribution in [3.05, 3.63) is 39.6 Å². The molecule has 0 atom stereocenters. The largest absolute Gasteiger partial charge is 0.310 e. The van der Waals surface area contributed by atoms with Crippen molar-refractivity contribution >= 4 is 22.9 Å². The van der Waals surface area contributed by atoms with Gasteiger partial charge in [-0.25, -0.2) is 9.37 Å². The van der Waals surface area contributed by atoms with Gasteiger partial charge in [-0.3, -0.25) is 0 Å². The maximum Gasteiger partial charge on any atom is 0.134 e. The number of rotatable bonds is 5. The topological polar surface area (TPSA) is 24.9 Å². The maximum absolute atomic E-state index is 14.0. The molecule has 2 rings (SSSR count). The van der Waals surface area contributed by atoms with Gasteiger partial charge < -0.3 is 5.32 Å². The molecule has 1 aromatic carbocycles. The Bertz CT molecular complexity index is 596. The molecule has 0 fully saturated rings. The lowest BCUT2D eigenvalue weighted by molar-refractivity contribution is 0.590. The van der Waals surface area contributed by atoms with E-state index in [-0.39, 0.29) is 5.82 Å². The van der Waals surface area contributed by atoms with Gasteiger partial charge in [-0.2, -0.15) is 0 Å². The molecule has 5 heteroatoms. The lowest BCUT2D eigenvalue weighted by Crippen LogP contribution is -2.21. The number of nitrogens with one attached hydrogen (secondary N) is 1. The third-order valence-corrected chi connectivity index (χ3v) is 4.31. The Morgan fingerprint density at radius 1 is 1.40 bits per heavy atom. The van der Waals surface area contributed by atoms with Gasteiger partial charge in [-0.05, 0) is 24.6 Å². The Balaban J connectivity index is 2.33. The average Bonchev–Trinajstić information content (AvgIpc) is 2.79. The van der Waals surface area contributed by atoms with E-state index < -0.39 is 0 Å². The van der Waals surface area contributed by atoms with E-state index in [0.29, 0.717) is 16.6 Å². The number of thiazole rings is 1. The van der Waals surface area contributed by atoms with Crippen LogP contribution < -0.4 is 5.32 Å². The second-order valence-electron chi connectivity index (χ2n) is 4.90. The van der Waals surface area contributed by atoms with E-state index in [1.54, 1.807) is 23.5 Å². The first-order chi connectivity index (χ1) is 9.51. The van der Waals surface area contributed by atoms with Gasteiger partial charge in [0.25, 0.3) is 0 Å². The Kier molecular flexibility index (Phi) is 5.13. The highest BCUT2D eigenvalue weighted by Gasteiger charge is 2.14. The lowest BCUT2D eigenvalue weighted by Gasteiger charge is -2.06. The van der Waals surface area contributed by atoms with Crippen LogP contribution in [0.2, 0.25) is 5.02 Å². The molecular weight excluding hydrogens is 295 g/mol. The van der Waals surface area contributed by atoms with Gasteiger partial charge in [0.15, 0.2) is 0 Å². The Labute approximate surface area is 128 Å². The fourth-order valence-corrected chi connectivity index (χ4v) is 3.16. The summed E-state index contributed by atoms with van der Waals surface area (Å²) in [5, 5.41) is 4.50. The summed E-state index contributed by atoms with van der Waals surface area (Å²) in [5.74, 6) is -0.322. The van der Waals surface area contributed by atoms with Gasteiger partial charge in [-0.1, -0.05) is 32.4 Å². The predicted octanol–water partition coefficient (Wildman–Crippen LogP) is 4.66. The third-order valence-electron chi connectivity index (χ3n) is 2.95. The van der Waals surface area contributed by atoms with Crippen LogP contribution in [0.1, 0.15) is 31.3 Å². The van der Waals surface area contributed by atoms with Crippen LogP contribution in [-0.2, 0) is 13.0 Å². The average molecular weight is 313 g/mol. The molecule has 0 radical (unpaired) electrons. The van der Waals surface area contributed by atoms with Crippen molar-refractivity contribution in [1.29, 1.82) is 0 Å². The molecule has 0 saturated carbocycles. The van der Waals surface area contributed by atoms with Crippen LogP contribution in [0.3, 0.4) is 0 Å². The summed E-state index contributed by atoms with van der Waals surface area (Å²) in [6.45, 7) is 7.04. The first-order valence-corrected chi connectivity index (χ1v) is 7.88. The molecule has 1 N–H and O–H groups in total. The highest BCUT2D eigenvalue weighted by molar-refractivity contribution is 7.15. The van der Waals surface area contributed by atoms with Gasteiger partial charge in [0.05, 0.1) is 5.69 Å². The second-order valence-corrected chi connectivity index (χ2v) is 6.42. The van der Waals surface area contributed by atoms with Gasteiger partial charge in [0, 0.05) is 28.0 Å². The number of hydrogen-bond donors (Lipinski definition) is 1. The lowest BCUT2D eigenvalue weighted by atomic mass is 10.2. The van der Waals surface area contributed by atoms with Crippen LogP contribution in [0.25, 0.3) is 10.6 Å². The standard InChI is InChI=1S/C15H18ClFN2S/c1-4-13-14(8-18-9(2)3)20-15(19-13)11-6-5-10(16)7-12(11)17/h5-7,9,18H,4,8H2,1-3H3. The number of nitrogens with zero attached hydrogens (tertiary/aromatic N) is 1. The van der Waals surface area contributed by atoms with E-state index in [1.807, 2.05) is 0 Å². The number of halogens is 2. The predicted molar refractivity (Wildman–Crippen MR) is 83.9 cm³/mol. The van der Waals surface area contributed by atoms with Gasteiger partial charge in [-0.15, -0.1) is 11.3 Å². The second kappa shape index (κ2) is 6.66. The monoisotopic (exact) mass is 312 g/mol. The van der Waals surface area contributed by atoms with Crippen molar-refractivity contribution in [3.63, 3.8) is 0 Å². The number of benzene rings is 1. The number of aromatic nitrogens is 1. The molecule has 0 unspecified atom stereocenters. The summed E-state index contributed by atoms with van der Waals surface area (Å²) >= 11 is 7.33. The SMILES string of the molecule is CCc1nc(-c2ccc(Cl)cc2F)sc1CNC(C)C. The fourth-order valence-electron chi connectivity index (χ4n) is 1.87. The zero-order chi connectivity index (χ0) is 14.7. The van der Waals surface area contributed by atoms with Crippen molar-refractivity contribution in [2.24, 2.45) is 0 Å². The smallest absolute Gasteiger partial charge is 0.134 e. The van der Waals surface area contributed by atoms with Crippen LogP contribution in [0.15, 0.2) is 18.2 Å². The normalized spacial score (nSPS) is 11.3. The van der Waals surface area contributed by atoms with E-state index in [2.05, 4.69) is 31.1 Å². The van der Waals surface area contributed by atoms with Crippen LogP contribution in [0.5, 0.6) is 0 Å². The van der Waals surface area contributed by atoms with Crippen LogP contribution in [0, 0.1) is 5.82 Å². The molecule has 0 saturated heterocycles. The summed E-state index contributed by atoms with van der Waals surface area (Å²) in [6, 6.07) is 5.13. The first-order valence-electron chi connectivity index (χ1n) is 6.68. The summed E-state index contributed by atoms with van der Waals surface area (Å²) < 4.78 is 14.0. The Morgan fingerprint density at radius 3 is 2.75 bits per heavy atom. The minimum atomic E-state index is -0.322. The summed E-state index contributed by atoms with van der Waals surface area (Å²) in [5.41, 5.74) is 1.55. The van der Waals surface area contributed by atoms with E-state index in [1.165, 1.54) is 10.9 Å². The minimum absolute atomic E-state index is 0.322. The van der Waals surface area contributed by atoms with E-state index in [4.69, 9.17) is 11.6 Å². The van der Waals surface area contributed by atoms with Crippen LogP contribution in [0.4, 0.5) is 4.39 Å². The summed E-state index contributed by atoms with van der Waals surface area (Å²) in [6.07, 6.45) is 0.848. The van der Waals surface area contributed by atoms with Crippen molar-refractivity contribution in [3.8, 4) is 10.6 Å². The molecule has 0 aliphatic carbocycles. The molecular formula is C15H18ClFN2S. The van der Waals surface area contributed by atoms with Gasteiger partial charge in [0.1, 0.15) is 10.8 Å². The zero-order valence-electron chi connectivity index (χ0n) is 11.8. The highest BCUT2D eigenvalue weighted by Crippen LogP contribution is 2.31. The van der Waals surface area contributed by atoms with Crippen molar-refractivity contribution in [1.82, 2.24) is 10.3 Å². The molecule has 108 valence electrons. The van der Waals surface area contributed by atoms with Crippen molar-refractivity contribution in [2.45, 2.75) is 39.8 Å².